The Morgan fingerprint density at radius 1 is 1.13 bits per heavy atom. The molecule has 0 bridgehead atoms. The zero-order chi connectivity index (χ0) is 11.8. The molecule has 1 heterocycles. The Morgan fingerprint density at radius 3 is 1.67 bits per heavy atom. The maximum atomic E-state index is 12.7. The minimum absolute atomic E-state index is 0.298. The van der Waals surface area contributed by atoms with Crippen LogP contribution in [0.5, 0.6) is 0 Å². The van der Waals surface area contributed by atoms with E-state index in [2.05, 4.69) is 11.8 Å². The predicted octanol–water partition coefficient (Wildman–Crippen LogP) is 0.537. The molecule has 0 spiro atoms. The van der Waals surface area contributed by atoms with Gasteiger partial charge in [-0.3, -0.25) is 4.57 Å². The normalized spacial score (nSPS) is 37.8. The van der Waals surface area contributed by atoms with Gasteiger partial charge in [0, 0.05) is 0 Å². The van der Waals surface area contributed by atoms with E-state index in [4.69, 9.17) is 12.8 Å². The van der Waals surface area contributed by atoms with Gasteiger partial charge in [0.05, 0.1) is 0 Å². The van der Waals surface area contributed by atoms with E-state index in [-0.39, 0.29) is 12.1 Å². The lowest BCUT2D eigenvalue weighted by Crippen LogP contribution is -2.32. The molecule has 0 saturated carbocycles. The third-order valence-corrected chi connectivity index (χ3v) is 5.97. The smallest absolute Gasteiger partial charge is 0.270 e. The first kappa shape index (κ1) is 12.3. The quantitative estimate of drug-likeness (QED) is 0.480. The van der Waals surface area contributed by atoms with Gasteiger partial charge in [0.15, 0.2) is 0 Å². The number of hydrogen-bond donors (Lipinski definition) is 0. The molecule has 0 aliphatic carbocycles. The van der Waals surface area contributed by atoms with Crippen LogP contribution in [0.15, 0.2) is 0 Å². The second-order valence-electron chi connectivity index (χ2n) is 3.73. The average Bonchev–Trinajstić information content (AvgIpc) is 2.39. The van der Waals surface area contributed by atoms with Crippen LogP contribution >= 0.6 is 7.59 Å². The molecule has 5 heteroatoms. The maximum Gasteiger partial charge on any atom is 0.288 e. The second kappa shape index (κ2) is 4.00. The maximum absolute atomic E-state index is 12.7. The monoisotopic (exact) mass is 225 g/mol. The van der Waals surface area contributed by atoms with Crippen LogP contribution in [0.1, 0.15) is 0 Å². The number of nitrogens with zero attached hydrogens (tertiary/aromatic N) is 3. The molecular formula is C10H16N3OP. The van der Waals surface area contributed by atoms with E-state index in [1.165, 1.54) is 0 Å². The van der Waals surface area contributed by atoms with Crippen molar-refractivity contribution < 1.29 is 4.57 Å². The molecule has 2 atom stereocenters. The van der Waals surface area contributed by atoms with Gasteiger partial charge in [-0.15, -0.1) is 12.8 Å². The molecule has 2 unspecified atom stereocenters. The molecule has 0 aromatic carbocycles. The van der Waals surface area contributed by atoms with Crippen LogP contribution in [0.2, 0.25) is 0 Å². The molecular weight excluding hydrogens is 209 g/mol. The second-order valence-corrected chi connectivity index (χ2v) is 6.82. The first-order valence-electron chi connectivity index (χ1n) is 4.58. The molecule has 0 aromatic rings. The lowest BCUT2D eigenvalue weighted by atomic mass is 10.1. The van der Waals surface area contributed by atoms with Crippen molar-refractivity contribution in [1.29, 1.82) is 0 Å². The summed E-state index contributed by atoms with van der Waals surface area (Å²) in [6.45, 7) is 0. The third-order valence-electron chi connectivity index (χ3n) is 2.79. The zero-order valence-electron chi connectivity index (χ0n) is 9.51. The fraction of sp³-hybridized carbons (Fsp3) is 0.600. The van der Waals surface area contributed by atoms with Gasteiger partial charge >= 0.3 is 0 Å². The summed E-state index contributed by atoms with van der Waals surface area (Å²) in [6, 6.07) is -0.596. The highest BCUT2D eigenvalue weighted by molar-refractivity contribution is 7.56. The molecule has 4 nitrogen and oxygen atoms in total. The molecule has 15 heavy (non-hydrogen) atoms. The minimum atomic E-state index is -2.75. The number of hydrogen-bond acceptors (Lipinski definition) is 1. The first-order chi connectivity index (χ1) is 6.91. The average molecular weight is 225 g/mol. The van der Waals surface area contributed by atoms with Crippen molar-refractivity contribution in [3.63, 3.8) is 0 Å². The van der Waals surface area contributed by atoms with Gasteiger partial charge in [-0.2, -0.15) is 0 Å². The molecule has 82 valence electrons. The van der Waals surface area contributed by atoms with Crippen LogP contribution in [-0.4, -0.2) is 54.3 Å². The van der Waals surface area contributed by atoms with Crippen LogP contribution < -0.4 is 0 Å². The van der Waals surface area contributed by atoms with Crippen molar-refractivity contribution in [2.45, 2.75) is 12.1 Å². The SMILES string of the molecule is C#CC1C(C#C)N(C)P(=O)(N(C)C)N1C. The Balaban J connectivity index is 3.23. The van der Waals surface area contributed by atoms with Crippen LogP contribution in [-0.2, 0) is 4.57 Å². The summed E-state index contributed by atoms with van der Waals surface area (Å²) in [4.78, 5) is 0. The number of likely N-dealkylation sites (N-methyl/N-ethyl adjacent to an activating group) is 2. The minimum Gasteiger partial charge on any atom is -0.270 e. The summed E-state index contributed by atoms with van der Waals surface area (Å²) in [5.41, 5.74) is 0. The fourth-order valence-corrected chi connectivity index (χ4v) is 4.53. The lowest BCUT2D eigenvalue weighted by molar-refractivity contribution is 0.410. The van der Waals surface area contributed by atoms with Gasteiger partial charge in [0.1, 0.15) is 12.1 Å². The Hall–Kier alpha value is -0.770. The summed E-state index contributed by atoms with van der Waals surface area (Å²) in [6.07, 6.45) is 10.8. The summed E-state index contributed by atoms with van der Waals surface area (Å²) >= 11 is 0. The van der Waals surface area contributed by atoms with Crippen molar-refractivity contribution in [2.24, 2.45) is 0 Å². The van der Waals surface area contributed by atoms with Gasteiger partial charge in [-0.1, -0.05) is 11.8 Å². The Labute approximate surface area is 91.8 Å². The van der Waals surface area contributed by atoms with Crippen molar-refractivity contribution in [3.05, 3.63) is 0 Å². The van der Waals surface area contributed by atoms with Crippen LogP contribution in [0, 0.1) is 24.7 Å². The topological polar surface area (TPSA) is 26.8 Å². The van der Waals surface area contributed by atoms with Crippen molar-refractivity contribution in [2.75, 3.05) is 28.2 Å². The largest absolute Gasteiger partial charge is 0.288 e. The number of terminal acetylenes is 2. The van der Waals surface area contributed by atoms with Gasteiger partial charge in [-0.05, 0) is 28.2 Å². The third kappa shape index (κ3) is 1.51. The molecule has 0 amide bonds. The van der Waals surface area contributed by atoms with E-state index < -0.39 is 7.59 Å². The van der Waals surface area contributed by atoms with Gasteiger partial charge in [-0.25, -0.2) is 14.0 Å². The van der Waals surface area contributed by atoms with Gasteiger partial charge in [0.2, 0.25) is 0 Å². The molecule has 1 fully saturated rings. The van der Waals surface area contributed by atoms with Gasteiger partial charge < -0.3 is 0 Å². The fourth-order valence-electron chi connectivity index (χ4n) is 1.92. The van der Waals surface area contributed by atoms with Crippen LogP contribution in [0.25, 0.3) is 0 Å². The summed E-state index contributed by atoms with van der Waals surface area (Å²) < 4.78 is 17.8. The molecule has 1 rings (SSSR count). The van der Waals surface area contributed by atoms with Crippen molar-refractivity contribution in [1.82, 2.24) is 14.0 Å². The standard InChI is InChI=1S/C10H16N3OP/c1-7-9-10(8-2)13(6)15(14,11(3)4)12(9)5/h1-2,9-10H,3-6H3. The predicted molar refractivity (Wildman–Crippen MR) is 62.1 cm³/mol. The van der Waals surface area contributed by atoms with E-state index in [9.17, 15) is 4.57 Å². The Morgan fingerprint density at radius 2 is 1.47 bits per heavy atom. The molecule has 0 aromatic heterocycles. The summed E-state index contributed by atoms with van der Waals surface area (Å²) in [5, 5.41) is 0. The number of rotatable bonds is 1. The Bertz CT molecular complexity index is 349. The highest BCUT2D eigenvalue weighted by atomic mass is 31.2. The van der Waals surface area contributed by atoms with Gasteiger partial charge in [0.25, 0.3) is 7.59 Å². The first-order valence-corrected chi connectivity index (χ1v) is 6.14. The van der Waals surface area contributed by atoms with E-state index >= 15 is 0 Å². The van der Waals surface area contributed by atoms with Crippen molar-refractivity contribution in [3.8, 4) is 24.7 Å². The zero-order valence-corrected chi connectivity index (χ0v) is 10.4. The Kier molecular flexibility index (Phi) is 3.28. The molecule has 1 saturated heterocycles. The van der Waals surface area contributed by atoms with E-state index in [0.717, 1.165) is 0 Å². The molecule has 0 radical (unpaired) electrons. The highest BCUT2D eigenvalue weighted by Crippen LogP contribution is 2.60. The molecule has 1 aliphatic heterocycles. The van der Waals surface area contributed by atoms with E-state index in [1.54, 1.807) is 42.2 Å². The van der Waals surface area contributed by atoms with Crippen LogP contribution in [0.4, 0.5) is 0 Å². The van der Waals surface area contributed by atoms with Crippen molar-refractivity contribution >= 4 is 7.59 Å². The molecule has 1 aliphatic rings. The summed E-state index contributed by atoms with van der Waals surface area (Å²) in [7, 11) is 4.27. The summed E-state index contributed by atoms with van der Waals surface area (Å²) in [5.74, 6) is 5.20. The molecule has 0 N–H and O–H groups in total. The highest BCUT2D eigenvalue weighted by Gasteiger charge is 2.51. The van der Waals surface area contributed by atoms with E-state index in [0.29, 0.717) is 0 Å². The van der Waals surface area contributed by atoms with Crippen LogP contribution in [0.3, 0.4) is 0 Å². The lowest BCUT2D eigenvalue weighted by Gasteiger charge is -2.31. The van der Waals surface area contributed by atoms with E-state index in [1.807, 2.05) is 0 Å².